The summed E-state index contributed by atoms with van der Waals surface area (Å²) in [6.07, 6.45) is 0.780. The van der Waals surface area contributed by atoms with E-state index in [1.54, 1.807) is 11.8 Å². The van der Waals surface area contributed by atoms with Crippen LogP contribution in [0.3, 0.4) is 0 Å². The van der Waals surface area contributed by atoms with Crippen LogP contribution in [0.25, 0.3) is 11.1 Å². The Balaban J connectivity index is 2.08. The minimum Gasteiger partial charge on any atom is -0.342 e. The molecule has 1 atom stereocenters. The van der Waals surface area contributed by atoms with Crippen molar-refractivity contribution in [3.63, 3.8) is 0 Å². The van der Waals surface area contributed by atoms with Gasteiger partial charge in [0, 0.05) is 4.90 Å². The van der Waals surface area contributed by atoms with Crippen LogP contribution in [-0.2, 0) is 4.79 Å². The molecule has 0 aliphatic carbocycles. The topological polar surface area (TPSA) is 52.9 Å². The highest BCUT2D eigenvalue weighted by Crippen LogP contribution is 2.30. The summed E-state index contributed by atoms with van der Waals surface area (Å²) in [7, 11) is 0. The number of nitriles is 1. The van der Waals surface area contributed by atoms with Crippen LogP contribution in [0.1, 0.15) is 20.3 Å². The first-order valence-electron chi connectivity index (χ1n) is 8.07. The summed E-state index contributed by atoms with van der Waals surface area (Å²) in [6, 6.07) is 20.4. The average Bonchev–Trinajstić information content (AvgIpc) is 2.60. The Hall–Kier alpha value is -2.25. The molecule has 2 aromatic rings. The van der Waals surface area contributed by atoms with E-state index in [4.69, 9.17) is 5.26 Å². The first kappa shape index (κ1) is 18.1. The highest BCUT2D eigenvalue weighted by atomic mass is 32.2. The van der Waals surface area contributed by atoms with Crippen molar-refractivity contribution in [1.82, 2.24) is 5.32 Å². The zero-order valence-electron chi connectivity index (χ0n) is 14.0. The Labute approximate surface area is 148 Å². The largest absolute Gasteiger partial charge is 0.342 e. The molecule has 0 fully saturated rings. The van der Waals surface area contributed by atoms with E-state index in [9.17, 15) is 4.79 Å². The van der Waals surface area contributed by atoms with Crippen LogP contribution in [0.5, 0.6) is 0 Å². The molecule has 4 heteroatoms. The van der Waals surface area contributed by atoms with Crippen LogP contribution < -0.4 is 5.32 Å². The van der Waals surface area contributed by atoms with Crippen molar-refractivity contribution in [2.75, 3.05) is 6.54 Å². The summed E-state index contributed by atoms with van der Waals surface area (Å²) in [5, 5.41) is 11.1. The van der Waals surface area contributed by atoms with Crippen molar-refractivity contribution >= 4 is 17.7 Å². The predicted molar refractivity (Wildman–Crippen MR) is 99.6 cm³/mol. The van der Waals surface area contributed by atoms with Gasteiger partial charge in [0.05, 0.1) is 11.3 Å². The first-order valence-corrected chi connectivity index (χ1v) is 8.95. The van der Waals surface area contributed by atoms with Gasteiger partial charge in [0.1, 0.15) is 6.54 Å². The molecule has 0 spiro atoms. The van der Waals surface area contributed by atoms with E-state index in [0.717, 1.165) is 16.9 Å². The number of rotatable bonds is 7. The molecule has 0 heterocycles. The molecule has 0 bridgehead atoms. The van der Waals surface area contributed by atoms with E-state index in [1.807, 2.05) is 24.3 Å². The quantitative estimate of drug-likeness (QED) is 0.597. The molecular formula is C20H22N2OS. The number of amides is 1. The number of hydrogen-bond acceptors (Lipinski definition) is 3. The maximum absolute atomic E-state index is 12.2. The minimum absolute atomic E-state index is 0.0565. The summed E-state index contributed by atoms with van der Waals surface area (Å²) in [5.74, 6) is 0.348. The van der Waals surface area contributed by atoms with Gasteiger partial charge in [-0.2, -0.15) is 5.26 Å². The lowest BCUT2D eigenvalue weighted by atomic mass is 10.1. The van der Waals surface area contributed by atoms with Crippen molar-refractivity contribution in [3.05, 3.63) is 54.6 Å². The number of nitrogens with one attached hydrogen (secondary N) is 1. The third kappa shape index (κ3) is 5.43. The van der Waals surface area contributed by atoms with Gasteiger partial charge in [-0.15, -0.1) is 11.8 Å². The maximum atomic E-state index is 12.2. The molecule has 0 radical (unpaired) electrons. The molecule has 0 aromatic heterocycles. The first-order chi connectivity index (χ1) is 11.6. The van der Waals surface area contributed by atoms with Crippen LogP contribution in [0, 0.1) is 17.2 Å². The zero-order chi connectivity index (χ0) is 17.4. The van der Waals surface area contributed by atoms with Crippen LogP contribution >= 0.6 is 11.8 Å². The number of carbonyl (C=O) groups is 1. The van der Waals surface area contributed by atoms with Crippen LogP contribution in [0.4, 0.5) is 0 Å². The van der Waals surface area contributed by atoms with E-state index in [1.165, 1.54) is 5.56 Å². The SMILES string of the molecule is CC(C)C[C@@H](Sc1ccc(-c2ccccc2)cc1)C(=O)NCC#N. The Morgan fingerprint density at radius 1 is 1.08 bits per heavy atom. The Kier molecular flexibility index (Phi) is 6.89. The number of hydrogen-bond donors (Lipinski definition) is 1. The van der Waals surface area contributed by atoms with Gasteiger partial charge in [-0.3, -0.25) is 4.79 Å². The maximum Gasteiger partial charge on any atom is 0.234 e. The van der Waals surface area contributed by atoms with Crippen molar-refractivity contribution in [1.29, 1.82) is 5.26 Å². The lowest BCUT2D eigenvalue weighted by Crippen LogP contribution is -2.33. The highest BCUT2D eigenvalue weighted by molar-refractivity contribution is 8.00. The van der Waals surface area contributed by atoms with Gasteiger partial charge in [-0.1, -0.05) is 56.3 Å². The molecule has 1 N–H and O–H groups in total. The van der Waals surface area contributed by atoms with Crippen LogP contribution in [0.2, 0.25) is 0 Å². The fraction of sp³-hybridized carbons (Fsp3) is 0.300. The average molecular weight is 338 g/mol. The van der Waals surface area contributed by atoms with Gasteiger partial charge in [0.2, 0.25) is 5.91 Å². The molecule has 24 heavy (non-hydrogen) atoms. The molecule has 0 unspecified atom stereocenters. The summed E-state index contributed by atoms with van der Waals surface area (Å²) in [5.41, 5.74) is 2.34. The van der Waals surface area contributed by atoms with Gasteiger partial charge < -0.3 is 5.32 Å². The van der Waals surface area contributed by atoms with Gasteiger partial charge in [-0.25, -0.2) is 0 Å². The lowest BCUT2D eigenvalue weighted by Gasteiger charge is -2.17. The van der Waals surface area contributed by atoms with E-state index in [2.05, 4.69) is 55.6 Å². The molecule has 0 saturated heterocycles. The Morgan fingerprint density at radius 2 is 1.71 bits per heavy atom. The van der Waals surface area contributed by atoms with Crippen molar-refractivity contribution in [2.24, 2.45) is 5.92 Å². The third-order valence-electron chi connectivity index (χ3n) is 3.56. The van der Waals surface area contributed by atoms with E-state index < -0.39 is 0 Å². The molecule has 124 valence electrons. The van der Waals surface area contributed by atoms with Gasteiger partial charge in [0.25, 0.3) is 0 Å². The molecule has 2 aromatic carbocycles. The standard InChI is InChI=1S/C20H22N2OS/c1-15(2)14-19(20(23)22-13-12-21)24-18-10-8-17(9-11-18)16-6-4-3-5-7-16/h3-11,15,19H,13-14H2,1-2H3,(H,22,23)/t19-/m1/s1. The predicted octanol–water partition coefficient (Wildman–Crippen LogP) is 4.50. The number of carbonyl (C=O) groups excluding carboxylic acids is 1. The molecule has 0 aliphatic heterocycles. The summed E-state index contributed by atoms with van der Waals surface area (Å²) >= 11 is 1.56. The van der Waals surface area contributed by atoms with E-state index >= 15 is 0 Å². The fourth-order valence-electron chi connectivity index (χ4n) is 2.40. The molecule has 0 aliphatic rings. The Morgan fingerprint density at radius 3 is 2.29 bits per heavy atom. The van der Waals surface area contributed by atoms with Gasteiger partial charge >= 0.3 is 0 Å². The summed E-state index contributed by atoms with van der Waals surface area (Å²) in [4.78, 5) is 13.3. The smallest absolute Gasteiger partial charge is 0.234 e. The number of nitrogens with zero attached hydrogens (tertiary/aromatic N) is 1. The van der Waals surface area contributed by atoms with Crippen LogP contribution in [-0.4, -0.2) is 17.7 Å². The number of thioether (sulfide) groups is 1. The molecule has 1 amide bonds. The lowest BCUT2D eigenvalue weighted by molar-refractivity contribution is -0.120. The van der Waals surface area contributed by atoms with Crippen molar-refractivity contribution < 1.29 is 4.79 Å². The second-order valence-electron chi connectivity index (χ2n) is 6.00. The third-order valence-corrected chi connectivity index (χ3v) is 4.79. The summed E-state index contributed by atoms with van der Waals surface area (Å²) in [6.45, 7) is 4.26. The number of benzene rings is 2. The molecule has 2 rings (SSSR count). The van der Waals surface area contributed by atoms with Crippen LogP contribution in [0.15, 0.2) is 59.5 Å². The minimum atomic E-state index is -0.180. The van der Waals surface area contributed by atoms with Crippen molar-refractivity contribution in [3.8, 4) is 17.2 Å². The van der Waals surface area contributed by atoms with E-state index in [-0.39, 0.29) is 17.7 Å². The molecule has 0 saturated carbocycles. The second-order valence-corrected chi connectivity index (χ2v) is 7.28. The highest BCUT2D eigenvalue weighted by Gasteiger charge is 2.20. The monoisotopic (exact) mass is 338 g/mol. The molecular weight excluding hydrogens is 316 g/mol. The Bertz CT molecular complexity index is 690. The normalized spacial score (nSPS) is 11.8. The van der Waals surface area contributed by atoms with Gasteiger partial charge in [-0.05, 0) is 35.6 Å². The second kappa shape index (κ2) is 9.14. The van der Waals surface area contributed by atoms with Crippen molar-refractivity contribution in [2.45, 2.75) is 30.4 Å². The zero-order valence-corrected chi connectivity index (χ0v) is 14.8. The fourth-order valence-corrected chi connectivity index (χ4v) is 3.69. The molecule has 3 nitrogen and oxygen atoms in total. The summed E-state index contributed by atoms with van der Waals surface area (Å²) < 4.78 is 0. The van der Waals surface area contributed by atoms with E-state index in [0.29, 0.717) is 5.92 Å². The van der Waals surface area contributed by atoms with Gasteiger partial charge in [0.15, 0.2) is 0 Å².